The molecule has 0 bridgehead atoms. The highest BCUT2D eigenvalue weighted by Crippen LogP contribution is 2.46. The van der Waals surface area contributed by atoms with Crippen LogP contribution in [0.2, 0.25) is 39.3 Å². The average Bonchev–Trinajstić information content (AvgIpc) is 3.21. The maximum atomic E-state index is 14.1. The summed E-state index contributed by atoms with van der Waals surface area (Å²) in [5, 5.41) is 2.42. The fourth-order valence-corrected chi connectivity index (χ4v) is 7.78. The molecular weight excluding hydrogens is 389 g/mol. The summed E-state index contributed by atoms with van der Waals surface area (Å²) >= 11 is 0. The van der Waals surface area contributed by atoms with Crippen LogP contribution in [-0.4, -0.2) is 16.1 Å². The Morgan fingerprint density at radius 2 is 1.25 bits per heavy atom. The Labute approximate surface area is 168 Å². The molecule has 2 aliphatic carbocycles. The van der Waals surface area contributed by atoms with Gasteiger partial charge in [-0.1, -0.05) is 86.1 Å². The van der Waals surface area contributed by atoms with Crippen molar-refractivity contribution in [2.45, 2.75) is 58.3 Å². The van der Waals surface area contributed by atoms with Gasteiger partial charge in [-0.05, 0) is 41.2 Å². The summed E-state index contributed by atoms with van der Waals surface area (Å²) in [4.78, 5) is 0. The summed E-state index contributed by atoms with van der Waals surface area (Å²) in [5.74, 6) is 0. The van der Waals surface area contributed by atoms with E-state index in [-0.39, 0.29) is 0 Å². The molecule has 0 unspecified atom stereocenters. The van der Waals surface area contributed by atoms with E-state index in [0.717, 1.165) is 28.3 Å². The predicted molar refractivity (Wildman–Crippen MR) is 119 cm³/mol. The maximum Gasteiger partial charge on any atom is 0.417 e. The molecule has 0 N–H and O–H groups in total. The Morgan fingerprint density at radius 1 is 0.750 bits per heavy atom. The predicted octanol–water partition coefficient (Wildman–Crippen LogP) is 7.89. The highest BCUT2D eigenvalue weighted by Gasteiger charge is 2.38. The topological polar surface area (TPSA) is 0 Å². The first-order valence-electron chi connectivity index (χ1n) is 9.83. The van der Waals surface area contributed by atoms with Gasteiger partial charge in [0.1, 0.15) is 0 Å². The van der Waals surface area contributed by atoms with Gasteiger partial charge in [-0.2, -0.15) is 13.2 Å². The van der Waals surface area contributed by atoms with Crippen LogP contribution < -0.4 is 0 Å². The molecule has 0 aliphatic heterocycles. The van der Waals surface area contributed by atoms with E-state index in [1.54, 1.807) is 6.07 Å². The zero-order chi connectivity index (χ0) is 20.9. The van der Waals surface area contributed by atoms with Crippen LogP contribution in [-0.2, 0) is 6.18 Å². The second kappa shape index (κ2) is 7.03. The molecule has 28 heavy (non-hydrogen) atoms. The standard InChI is InChI=1S/C23H29F3Si2/c1-27(2,3)20-14-8-10-16(20)17-11-7-13-19(23(24,25)26)22(17)18-12-9-15-21(18)28(4,5)6/h7-9,11,13-15H,10,12H2,1-6H3. The van der Waals surface area contributed by atoms with Crippen LogP contribution in [0.3, 0.4) is 0 Å². The van der Waals surface area contributed by atoms with Crippen LogP contribution in [0.15, 0.2) is 52.9 Å². The number of rotatable bonds is 4. The normalized spacial score (nSPS) is 18.0. The number of benzene rings is 1. The Kier molecular flexibility index (Phi) is 5.30. The van der Waals surface area contributed by atoms with E-state index in [0.29, 0.717) is 12.0 Å². The summed E-state index contributed by atoms with van der Waals surface area (Å²) < 4.78 is 42.2. The van der Waals surface area contributed by atoms with E-state index >= 15 is 0 Å². The van der Waals surface area contributed by atoms with Gasteiger partial charge >= 0.3 is 6.18 Å². The first-order chi connectivity index (χ1) is 12.8. The van der Waals surface area contributed by atoms with Crippen LogP contribution in [0, 0.1) is 0 Å². The molecule has 1 aromatic rings. The quantitative estimate of drug-likeness (QED) is 0.436. The van der Waals surface area contributed by atoms with E-state index in [4.69, 9.17) is 0 Å². The smallest absolute Gasteiger partial charge is 0.166 e. The summed E-state index contributed by atoms with van der Waals surface area (Å²) in [6.07, 6.45) is 5.29. The van der Waals surface area contributed by atoms with Gasteiger partial charge in [-0.15, -0.1) is 0 Å². The van der Waals surface area contributed by atoms with Gasteiger partial charge in [-0.25, -0.2) is 0 Å². The lowest BCUT2D eigenvalue weighted by molar-refractivity contribution is -0.137. The summed E-state index contributed by atoms with van der Waals surface area (Å²) in [5.41, 5.74) is 2.69. The lowest BCUT2D eigenvalue weighted by Crippen LogP contribution is -2.24. The molecule has 0 saturated carbocycles. The van der Waals surface area contributed by atoms with Gasteiger partial charge in [0.25, 0.3) is 0 Å². The molecule has 3 rings (SSSR count). The van der Waals surface area contributed by atoms with Crippen LogP contribution in [0.5, 0.6) is 0 Å². The van der Waals surface area contributed by atoms with Crippen molar-refractivity contribution in [1.29, 1.82) is 0 Å². The van der Waals surface area contributed by atoms with Gasteiger partial charge in [0.05, 0.1) is 21.7 Å². The van der Waals surface area contributed by atoms with Crippen molar-refractivity contribution < 1.29 is 13.2 Å². The number of hydrogen-bond acceptors (Lipinski definition) is 0. The Bertz CT molecular complexity index is 915. The Balaban J connectivity index is 2.37. The van der Waals surface area contributed by atoms with Crippen LogP contribution in [0.1, 0.15) is 29.5 Å². The van der Waals surface area contributed by atoms with E-state index in [1.165, 1.54) is 11.3 Å². The largest absolute Gasteiger partial charge is 0.417 e. The van der Waals surface area contributed by atoms with Crippen LogP contribution in [0.25, 0.3) is 11.1 Å². The highest BCUT2D eigenvalue weighted by atomic mass is 28.3. The van der Waals surface area contributed by atoms with Crippen molar-refractivity contribution in [2.75, 3.05) is 0 Å². The fourth-order valence-electron chi connectivity index (χ4n) is 4.27. The van der Waals surface area contributed by atoms with Crippen molar-refractivity contribution in [1.82, 2.24) is 0 Å². The molecule has 0 nitrogen and oxygen atoms in total. The minimum Gasteiger partial charge on any atom is -0.166 e. The zero-order valence-electron chi connectivity index (χ0n) is 17.6. The van der Waals surface area contributed by atoms with E-state index in [1.807, 2.05) is 12.1 Å². The van der Waals surface area contributed by atoms with E-state index < -0.39 is 27.9 Å². The molecule has 0 radical (unpaired) electrons. The van der Waals surface area contributed by atoms with E-state index in [2.05, 4.69) is 57.5 Å². The Hall–Kier alpha value is -1.60. The summed E-state index contributed by atoms with van der Waals surface area (Å²) in [7, 11) is -3.43. The maximum absolute atomic E-state index is 14.1. The molecule has 2 aliphatic rings. The van der Waals surface area contributed by atoms with Gasteiger partial charge in [0.15, 0.2) is 0 Å². The molecule has 5 heteroatoms. The fraction of sp³-hybridized carbons (Fsp3) is 0.391. The molecule has 0 amide bonds. The van der Waals surface area contributed by atoms with Crippen LogP contribution in [0.4, 0.5) is 13.2 Å². The van der Waals surface area contributed by atoms with Crippen molar-refractivity contribution in [3.63, 3.8) is 0 Å². The third kappa shape index (κ3) is 3.92. The minimum atomic E-state index is -4.36. The lowest BCUT2D eigenvalue weighted by Gasteiger charge is -2.26. The number of halogens is 3. The zero-order valence-corrected chi connectivity index (χ0v) is 19.6. The number of hydrogen-bond donors (Lipinski definition) is 0. The Morgan fingerprint density at radius 3 is 1.75 bits per heavy atom. The average molecular weight is 419 g/mol. The van der Waals surface area contributed by atoms with Gasteiger partial charge in [-0.3, -0.25) is 0 Å². The van der Waals surface area contributed by atoms with Crippen molar-refractivity contribution in [3.05, 3.63) is 69.6 Å². The first-order valence-corrected chi connectivity index (χ1v) is 16.8. The molecule has 1 aromatic carbocycles. The van der Waals surface area contributed by atoms with Gasteiger partial charge in [0, 0.05) is 0 Å². The molecule has 0 aromatic heterocycles. The monoisotopic (exact) mass is 418 g/mol. The summed E-state index contributed by atoms with van der Waals surface area (Å²) in [6, 6.07) is 4.73. The number of allylic oxidation sites excluding steroid dienone is 8. The van der Waals surface area contributed by atoms with Crippen molar-refractivity contribution in [3.8, 4) is 0 Å². The molecule has 0 fully saturated rings. The van der Waals surface area contributed by atoms with Crippen molar-refractivity contribution >= 4 is 27.3 Å². The second-order valence-electron chi connectivity index (χ2n) is 9.72. The molecule has 0 saturated heterocycles. The highest BCUT2D eigenvalue weighted by molar-refractivity contribution is 6.85. The van der Waals surface area contributed by atoms with Gasteiger partial charge in [0.2, 0.25) is 0 Å². The summed E-state index contributed by atoms with van der Waals surface area (Å²) in [6.45, 7) is 13.4. The third-order valence-electron chi connectivity index (χ3n) is 5.48. The molecular formula is C23H29F3Si2. The second-order valence-corrected chi connectivity index (χ2v) is 19.8. The van der Waals surface area contributed by atoms with Crippen molar-refractivity contribution in [2.24, 2.45) is 0 Å². The van der Waals surface area contributed by atoms with Gasteiger partial charge < -0.3 is 0 Å². The molecule has 0 heterocycles. The van der Waals surface area contributed by atoms with Crippen LogP contribution >= 0.6 is 0 Å². The molecule has 0 atom stereocenters. The lowest BCUT2D eigenvalue weighted by atomic mass is 9.89. The molecule has 0 spiro atoms. The van der Waals surface area contributed by atoms with E-state index in [9.17, 15) is 13.2 Å². The first kappa shape index (κ1) is 21.1. The minimum absolute atomic E-state index is 0.423. The number of alkyl halides is 3. The SMILES string of the molecule is C[Si](C)(C)C1=C(c2cccc(C(F)(F)F)c2C2=C([Si](C)(C)C)C=CC2)CC=C1. The molecule has 150 valence electrons. The third-order valence-corrected chi connectivity index (χ3v) is 9.64.